The molecule has 0 fully saturated rings. The Labute approximate surface area is 142 Å². The van der Waals surface area contributed by atoms with Gasteiger partial charge in [0.25, 0.3) is 0 Å². The molecule has 120 valence electrons. The van der Waals surface area contributed by atoms with Crippen LogP contribution >= 0.6 is 11.8 Å². The Kier molecular flexibility index (Phi) is 6.95. The molecule has 0 radical (unpaired) electrons. The molecule has 0 saturated carbocycles. The van der Waals surface area contributed by atoms with Gasteiger partial charge in [0.15, 0.2) is 0 Å². The highest BCUT2D eigenvalue weighted by atomic mass is 32.2. The quantitative estimate of drug-likeness (QED) is 0.407. The van der Waals surface area contributed by atoms with Crippen molar-refractivity contribution in [2.24, 2.45) is 0 Å². The van der Waals surface area contributed by atoms with E-state index in [-0.39, 0.29) is 5.97 Å². The zero-order valence-corrected chi connectivity index (χ0v) is 14.4. The molecule has 0 amide bonds. The number of ether oxygens (including phenoxy) is 1. The number of carbonyl (C=O) groups excluding carboxylic acids is 1. The number of thioether (sulfide) groups is 1. The van der Waals surface area contributed by atoms with Gasteiger partial charge in [-0.3, -0.25) is 0 Å². The maximum atomic E-state index is 11.8. The van der Waals surface area contributed by atoms with Gasteiger partial charge in [-0.25, -0.2) is 4.79 Å². The van der Waals surface area contributed by atoms with E-state index in [1.807, 2.05) is 37.3 Å². The van der Waals surface area contributed by atoms with Crippen LogP contribution in [0.3, 0.4) is 0 Å². The monoisotopic (exact) mass is 326 g/mol. The Morgan fingerprint density at radius 3 is 2.39 bits per heavy atom. The van der Waals surface area contributed by atoms with Gasteiger partial charge in [0.2, 0.25) is 0 Å². The summed E-state index contributed by atoms with van der Waals surface area (Å²) in [5.41, 5.74) is 3.35. The number of esters is 1. The molecule has 0 N–H and O–H groups in total. The van der Waals surface area contributed by atoms with Crippen molar-refractivity contribution in [1.29, 1.82) is 0 Å². The first-order valence-electron chi connectivity index (χ1n) is 7.78. The second-order valence-corrected chi connectivity index (χ2v) is 6.02. The maximum Gasteiger partial charge on any atom is 0.331 e. The Morgan fingerprint density at radius 1 is 1.09 bits per heavy atom. The summed E-state index contributed by atoms with van der Waals surface area (Å²) >= 11 is 1.74. The molecule has 0 spiro atoms. The van der Waals surface area contributed by atoms with Crippen molar-refractivity contribution >= 4 is 23.3 Å². The predicted octanol–water partition coefficient (Wildman–Crippen LogP) is 4.99. The third-order valence-corrected chi connectivity index (χ3v) is 4.31. The van der Waals surface area contributed by atoms with Gasteiger partial charge in [-0.15, -0.1) is 11.8 Å². The molecule has 2 aromatic rings. The van der Waals surface area contributed by atoms with Crippen molar-refractivity contribution in [1.82, 2.24) is 0 Å². The molecule has 3 heteroatoms. The lowest BCUT2D eigenvalue weighted by Gasteiger charge is -2.09. The van der Waals surface area contributed by atoms with E-state index in [4.69, 9.17) is 4.74 Å². The van der Waals surface area contributed by atoms with Crippen LogP contribution in [0.4, 0.5) is 0 Å². The molecule has 0 aliphatic heterocycles. The first kappa shape index (κ1) is 17.4. The van der Waals surface area contributed by atoms with Crippen LogP contribution in [0.2, 0.25) is 0 Å². The van der Waals surface area contributed by atoms with Crippen molar-refractivity contribution in [2.45, 2.75) is 24.7 Å². The highest BCUT2D eigenvalue weighted by molar-refractivity contribution is 7.98. The highest BCUT2D eigenvalue weighted by Crippen LogP contribution is 2.22. The Hall–Kier alpha value is -2.00. The minimum atomic E-state index is -0.274. The lowest BCUT2D eigenvalue weighted by atomic mass is 9.98. The van der Waals surface area contributed by atoms with Gasteiger partial charge in [-0.2, -0.15) is 0 Å². The van der Waals surface area contributed by atoms with Crippen LogP contribution in [0.5, 0.6) is 0 Å². The molecular formula is C20H22O2S. The van der Waals surface area contributed by atoms with Crippen LogP contribution in [0.15, 0.2) is 65.6 Å². The summed E-state index contributed by atoms with van der Waals surface area (Å²) in [6.45, 7) is 2.22. The van der Waals surface area contributed by atoms with E-state index in [0.717, 1.165) is 24.0 Å². The lowest BCUT2D eigenvalue weighted by Crippen LogP contribution is -2.01. The van der Waals surface area contributed by atoms with E-state index < -0.39 is 0 Å². The van der Waals surface area contributed by atoms with E-state index in [9.17, 15) is 4.79 Å². The smallest absolute Gasteiger partial charge is 0.331 e. The fraction of sp³-hybridized carbons (Fsp3) is 0.250. The first-order chi connectivity index (χ1) is 11.2. The van der Waals surface area contributed by atoms with E-state index in [1.54, 1.807) is 17.8 Å². The van der Waals surface area contributed by atoms with Gasteiger partial charge in [0, 0.05) is 11.0 Å². The summed E-state index contributed by atoms with van der Waals surface area (Å²) in [5.74, 6) is -0.274. The van der Waals surface area contributed by atoms with Crippen LogP contribution in [0.1, 0.15) is 24.5 Å². The lowest BCUT2D eigenvalue weighted by molar-refractivity contribution is -0.137. The van der Waals surface area contributed by atoms with Gasteiger partial charge in [0.05, 0.1) is 6.61 Å². The van der Waals surface area contributed by atoms with E-state index in [2.05, 4.69) is 30.5 Å². The normalized spacial score (nSPS) is 11.3. The third kappa shape index (κ3) is 5.61. The standard InChI is InChI=1S/C20H22O2S/c1-3-22-20(21)15-18(17-7-5-4-6-8-17)12-9-16-10-13-19(23-2)14-11-16/h4-8,10-11,13-15H,3,9,12H2,1-2H3/b18-15-. The van der Waals surface area contributed by atoms with Gasteiger partial charge < -0.3 is 4.74 Å². The van der Waals surface area contributed by atoms with Crippen molar-refractivity contribution in [2.75, 3.05) is 12.9 Å². The summed E-state index contributed by atoms with van der Waals surface area (Å²) in [6, 6.07) is 18.6. The Morgan fingerprint density at radius 2 is 1.78 bits per heavy atom. The van der Waals surface area contributed by atoms with Crippen LogP contribution < -0.4 is 0 Å². The average Bonchev–Trinajstić information content (AvgIpc) is 2.60. The first-order valence-corrected chi connectivity index (χ1v) is 9.01. The minimum Gasteiger partial charge on any atom is -0.463 e. The van der Waals surface area contributed by atoms with Crippen LogP contribution in [-0.4, -0.2) is 18.8 Å². The SMILES string of the molecule is CCOC(=O)/C=C(/CCc1ccc(SC)cc1)c1ccccc1. The van der Waals surface area contributed by atoms with Gasteiger partial charge in [0.1, 0.15) is 0 Å². The topological polar surface area (TPSA) is 26.3 Å². The molecule has 23 heavy (non-hydrogen) atoms. The largest absolute Gasteiger partial charge is 0.463 e. The van der Waals surface area contributed by atoms with Crippen molar-refractivity contribution < 1.29 is 9.53 Å². The molecule has 0 atom stereocenters. The number of benzene rings is 2. The fourth-order valence-corrected chi connectivity index (χ4v) is 2.76. The summed E-state index contributed by atoms with van der Waals surface area (Å²) in [4.78, 5) is 13.1. The molecule has 2 nitrogen and oxygen atoms in total. The molecule has 0 bridgehead atoms. The molecular weight excluding hydrogens is 304 g/mol. The number of hydrogen-bond donors (Lipinski definition) is 0. The van der Waals surface area contributed by atoms with Gasteiger partial charge in [-0.1, -0.05) is 42.5 Å². The molecule has 0 heterocycles. The molecule has 0 aliphatic rings. The zero-order chi connectivity index (χ0) is 16.5. The Bertz CT molecular complexity index is 645. The molecule has 2 aromatic carbocycles. The molecule has 0 unspecified atom stereocenters. The van der Waals surface area contributed by atoms with Gasteiger partial charge >= 0.3 is 5.97 Å². The van der Waals surface area contributed by atoms with Crippen molar-refractivity contribution in [3.63, 3.8) is 0 Å². The predicted molar refractivity (Wildman–Crippen MR) is 97.6 cm³/mol. The van der Waals surface area contributed by atoms with Crippen LogP contribution in [-0.2, 0) is 16.0 Å². The second-order valence-electron chi connectivity index (χ2n) is 5.14. The average molecular weight is 326 g/mol. The zero-order valence-electron chi connectivity index (χ0n) is 13.6. The molecule has 2 rings (SSSR count). The van der Waals surface area contributed by atoms with E-state index >= 15 is 0 Å². The van der Waals surface area contributed by atoms with E-state index in [1.165, 1.54) is 10.5 Å². The van der Waals surface area contributed by atoms with Gasteiger partial charge in [-0.05, 0) is 54.9 Å². The highest BCUT2D eigenvalue weighted by Gasteiger charge is 2.06. The number of hydrogen-bond acceptors (Lipinski definition) is 3. The van der Waals surface area contributed by atoms with Crippen molar-refractivity contribution in [3.8, 4) is 0 Å². The molecule has 0 aliphatic carbocycles. The summed E-state index contributed by atoms with van der Waals surface area (Å²) in [7, 11) is 0. The summed E-state index contributed by atoms with van der Waals surface area (Å²) in [6.07, 6.45) is 5.40. The summed E-state index contributed by atoms with van der Waals surface area (Å²) < 4.78 is 5.06. The third-order valence-electron chi connectivity index (χ3n) is 3.57. The van der Waals surface area contributed by atoms with Crippen molar-refractivity contribution in [3.05, 3.63) is 71.8 Å². The Balaban J connectivity index is 2.12. The second kappa shape index (κ2) is 9.21. The number of allylic oxidation sites excluding steroid dienone is 1. The molecule has 0 aromatic heterocycles. The number of carbonyl (C=O) groups is 1. The summed E-state index contributed by atoms with van der Waals surface area (Å²) in [5, 5.41) is 0. The van der Waals surface area contributed by atoms with E-state index in [0.29, 0.717) is 6.61 Å². The van der Waals surface area contributed by atoms with Crippen LogP contribution in [0.25, 0.3) is 5.57 Å². The van der Waals surface area contributed by atoms with Crippen LogP contribution in [0, 0.1) is 0 Å². The number of aryl methyl sites for hydroxylation is 1. The molecule has 0 saturated heterocycles. The fourth-order valence-electron chi connectivity index (χ4n) is 2.35. The maximum absolute atomic E-state index is 11.8. The minimum absolute atomic E-state index is 0.274. The number of rotatable bonds is 7.